The molecule has 4 rings (SSSR count). The summed E-state index contributed by atoms with van der Waals surface area (Å²) in [7, 11) is 0. The number of fused-ring (bicyclic) bond motifs is 1. The van der Waals surface area contributed by atoms with Crippen LogP contribution in [0.25, 0.3) is 0 Å². The van der Waals surface area contributed by atoms with Gasteiger partial charge in [0.15, 0.2) is 5.78 Å². The van der Waals surface area contributed by atoms with Crippen LogP contribution in [0.5, 0.6) is 0 Å². The fourth-order valence-electron chi connectivity index (χ4n) is 4.68. The molecule has 1 saturated heterocycles. The van der Waals surface area contributed by atoms with Gasteiger partial charge < -0.3 is 4.90 Å². The van der Waals surface area contributed by atoms with Crippen molar-refractivity contribution in [2.75, 3.05) is 19.6 Å². The Morgan fingerprint density at radius 1 is 0.889 bits per heavy atom. The number of benzene rings is 2. The highest BCUT2D eigenvalue weighted by molar-refractivity contribution is 5.99. The van der Waals surface area contributed by atoms with E-state index in [0.29, 0.717) is 5.78 Å². The van der Waals surface area contributed by atoms with Crippen LogP contribution in [0.1, 0.15) is 47.2 Å². The van der Waals surface area contributed by atoms with Gasteiger partial charge >= 0.3 is 0 Å². The average molecular weight is 384 g/mol. The zero-order valence-corrected chi connectivity index (χ0v) is 16.8. The van der Waals surface area contributed by atoms with E-state index in [4.69, 9.17) is 0 Å². The van der Waals surface area contributed by atoms with E-state index >= 15 is 0 Å². The molecule has 0 radical (unpaired) electrons. The third-order valence-electron chi connectivity index (χ3n) is 6.21. The second-order valence-corrected chi connectivity index (χ2v) is 8.04. The molecule has 0 bridgehead atoms. The summed E-state index contributed by atoms with van der Waals surface area (Å²) in [5.41, 5.74) is 3.69. The number of rotatable bonds is 4. The van der Waals surface area contributed by atoms with Gasteiger partial charge in [-0.3, -0.25) is 4.79 Å². The van der Waals surface area contributed by atoms with Crippen LogP contribution in [0.15, 0.2) is 54.6 Å². The molecule has 2 aliphatic rings. The largest absolute Gasteiger partial charge is 0.303 e. The maximum absolute atomic E-state index is 13.0. The molecule has 0 amide bonds. The Balaban J connectivity index is 0.00000210. The zero-order chi connectivity index (χ0) is 17.8. The molecular weight excluding hydrogens is 354 g/mol. The van der Waals surface area contributed by atoms with Crippen molar-refractivity contribution in [3.05, 3.63) is 71.3 Å². The summed E-state index contributed by atoms with van der Waals surface area (Å²) in [6.45, 7) is 3.23. The first-order valence-electron chi connectivity index (χ1n) is 10.2. The molecule has 0 N–H and O–H groups in total. The third-order valence-corrected chi connectivity index (χ3v) is 6.21. The van der Waals surface area contributed by atoms with Crippen LogP contribution in [0.2, 0.25) is 0 Å². The summed E-state index contributed by atoms with van der Waals surface area (Å²) in [5.74, 6) is 1.35. The van der Waals surface area contributed by atoms with E-state index in [2.05, 4.69) is 47.4 Å². The molecule has 2 nitrogen and oxygen atoms in total. The number of halogens is 1. The molecule has 2 aromatic carbocycles. The van der Waals surface area contributed by atoms with Gasteiger partial charge in [-0.2, -0.15) is 0 Å². The highest BCUT2D eigenvalue weighted by atomic mass is 35.5. The number of carbonyl (C=O) groups is 1. The van der Waals surface area contributed by atoms with Crippen LogP contribution in [-0.2, 0) is 12.8 Å². The third kappa shape index (κ3) is 5.00. The molecule has 0 saturated carbocycles. The molecule has 3 heteroatoms. The van der Waals surface area contributed by atoms with Crippen molar-refractivity contribution < 1.29 is 4.79 Å². The molecule has 144 valence electrons. The SMILES string of the molecule is Cl.O=C1c2ccccc2CCCC1CN1CCC(Cc2ccccc2)CC1. The Morgan fingerprint density at radius 3 is 2.37 bits per heavy atom. The first kappa shape index (κ1) is 20.1. The van der Waals surface area contributed by atoms with Crippen LogP contribution in [0.3, 0.4) is 0 Å². The fraction of sp³-hybridized carbons (Fsp3) is 0.458. The van der Waals surface area contributed by atoms with E-state index < -0.39 is 0 Å². The van der Waals surface area contributed by atoms with Crippen LogP contribution in [-0.4, -0.2) is 30.3 Å². The maximum Gasteiger partial charge on any atom is 0.167 e. The minimum absolute atomic E-state index is 0. The van der Waals surface area contributed by atoms with Crippen molar-refractivity contribution in [1.29, 1.82) is 0 Å². The lowest BCUT2D eigenvalue weighted by atomic mass is 9.89. The molecule has 1 atom stereocenters. The number of ketones is 1. The van der Waals surface area contributed by atoms with Gasteiger partial charge in [0.1, 0.15) is 0 Å². The molecule has 0 spiro atoms. The maximum atomic E-state index is 13.0. The Bertz CT molecular complexity index is 737. The van der Waals surface area contributed by atoms with Crippen molar-refractivity contribution in [3.63, 3.8) is 0 Å². The molecule has 1 unspecified atom stereocenters. The van der Waals surface area contributed by atoms with E-state index in [-0.39, 0.29) is 18.3 Å². The van der Waals surface area contributed by atoms with Gasteiger partial charge in [0.05, 0.1) is 0 Å². The zero-order valence-electron chi connectivity index (χ0n) is 16.0. The molecule has 1 aliphatic heterocycles. The topological polar surface area (TPSA) is 20.3 Å². The van der Waals surface area contributed by atoms with Crippen LogP contribution >= 0.6 is 12.4 Å². The molecule has 2 aromatic rings. The second kappa shape index (κ2) is 9.52. The normalized spacial score (nSPS) is 21.2. The van der Waals surface area contributed by atoms with Crippen molar-refractivity contribution in [1.82, 2.24) is 4.90 Å². The van der Waals surface area contributed by atoms with Gasteiger partial charge in [0, 0.05) is 18.0 Å². The quantitative estimate of drug-likeness (QED) is 0.676. The van der Waals surface area contributed by atoms with Gasteiger partial charge in [-0.25, -0.2) is 0 Å². The summed E-state index contributed by atoms with van der Waals surface area (Å²) in [5, 5.41) is 0. The lowest BCUT2D eigenvalue weighted by molar-refractivity contribution is 0.0846. The Hall–Kier alpha value is -1.64. The van der Waals surface area contributed by atoms with Crippen molar-refractivity contribution in [3.8, 4) is 0 Å². The molecular formula is C24H30ClNO. The minimum Gasteiger partial charge on any atom is -0.303 e. The first-order chi connectivity index (χ1) is 12.8. The molecule has 27 heavy (non-hydrogen) atoms. The van der Waals surface area contributed by atoms with Gasteiger partial charge in [-0.15, -0.1) is 12.4 Å². The van der Waals surface area contributed by atoms with E-state index in [9.17, 15) is 4.79 Å². The second-order valence-electron chi connectivity index (χ2n) is 8.04. The average Bonchev–Trinajstić information content (AvgIpc) is 2.84. The number of Topliss-reactive ketones (excluding diaryl/α,β-unsaturated/α-hetero) is 1. The summed E-state index contributed by atoms with van der Waals surface area (Å²) in [4.78, 5) is 15.5. The predicted molar refractivity (Wildman–Crippen MR) is 114 cm³/mol. The number of hydrogen-bond acceptors (Lipinski definition) is 2. The summed E-state index contributed by atoms with van der Waals surface area (Å²) < 4.78 is 0. The smallest absolute Gasteiger partial charge is 0.167 e. The van der Waals surface area contributed by atoms with Gasteiger partial charge in [-0.1, -0.05) is 54.6 Å². The summed E-state index contributed by atoms with van der Waals surface area (Å²) in [6.07, 6.45) is 6.94. The lowest BCUT2D eigenvalue weighted by Gasteiger charge is -2.34. The van der Waals surface area contributed by atoms with E-state index in [1.165, 1.54) is 30.4 Å². The number of aryl methyl sites for hydroxylation is 1. The van der Waals surface area contributed by atoms with Crippen LogP contribution in [0, 0.1) is 11.8 Å². The van der Waals surface area contributed by atoms with E-state index in [0.717, 1.165) is 50.4 Å². The fourth-order valence-corrected chi connectivity index (χ4v) is 4.68. The Labute approximate surface area is 169 Å². The van der Waals surface area contributed by atoms with Gasteiger partial charge in [-0.05, 0) is 68.7 Å². The van der Waals surface area contributed by atoms with Crippen LogP contribution in [0.4, 0.5) is 0 Å². The standard InChI is InChI=1S/C24H29NO.ClH/c26-24-22(11-6-10-21-9-4-5-12-23(21)24)18-25-15-13-20(14-16-25)17-19-7-2-1-3-8-19;/h1-5,7-9,12,20,22H,6,10-11,13-18H2;1H. The molecule has 1 heterocycles. The van der Waals surface area contributed by atoms with E-state index in [1.54, 1.807) is 0 Å². The number of likely N-dealkylation sites (tertiary alicyclic amines) is 1. The van der Waals surface area contributed by atoms with Crippen molar-refractivity contribution in [2.45, 2.75) is 38.5 Å². The molecule has 1 aliphatic carbocycles. The van der Waals surface area contributed by atoms with Crippen molar-refractivity contribution in [2.24, 2.45) is 11.8 Å². The monoisotopic (exact) mass is 383 g/mol. The number of piperidine rings is 1. The Morgan fingerprint density at radius 2 is 1.59 bits per heavy atom. The highest BCUT2D eigenvalue weighted by Gasteiger charge is 2.28. The lowest BCUT2D eigenvalue weighted by Crippen LogP contribution is -2.39. The summed E-state index contributed by atoms with van der Waals surface area (Å²) in [6, 6.07) is 19.1. The van der Waals surface area contributed by atoms with Crippen molar-refractivity contribution >= 4 is 18.2 Å². The number of carbonyl (C=O) groups excluding carboxylic acids is 1. The number of hydrogen-bond donors (Lipinski definition) is 0. The number of nitrogens with zero attached hydrogens (tertiary/aromatic N) is 1. The van der Waals surface area contributed by atoms with Gasteiger partial charge in [0.2, 0.25) is 0 Å². The first-order valence-corrected chi connectivity index (χ1v) is 10.2. The minimum atomic E-state index is 0. The predicted octanol–water partition coefficient (Wildman–Crippen LogP) is 5.20. The van der Waals surface area contributed by atoms with Crippen LogP contribution < -0.4 is 0 Å². The molecule has 0 aromatic heterocycles. The van der Waals surface area contributed by atoms with Gasteiger partial charge in [0.25, 0.3) is 0 Å². The van der Waals surface area contributed by atoms with E-state index in [1.807, 2.05) is 12.1 Å². The molecule has 1 fully saturated rings. The highest BCUT2D eigenvalue weighted by Crippen LogP contribution is 2.27. The summed E-state index contributed by atoms with van der Waals surface area (Å²) >= 11 is 0. The Kier molecular flexibility index (Phi) is 7.09.